The fourth-order valence-corrected chi connectivity index (χ4v) is 2.68. The van der Waals surface area contributed by atoms with Crippen LogP contribution in [0.1, 0.15) is 24.8 Å². The molecular formula is C16H25ClN2O3. The lowest BCUT2D eigenvalue weighted by atomic mass is 10.0. The van der Waals surface area contributed by atoms with Gasteiger partial charge in [0.05, 0.1) is 7.11 Å². The van der Waals surface area contributed by atoms with Crippen LogP contribution in [0.2, 0.25) is 0 Å². The molecule has 6 heteroatoms. The van der Waals surface area contributed by atoms with Crippen molar-refractivity contribution in [3.05, 3.63) is 23.8 Å². The maximum absolute atomic E-state index is 12.1. The topological polar surface area (TPSA) is 61.8 Å². The number of hydrogen-bond acceptors (Lipinski definition) is 4. The quantitative estimate of drug-likeness (QED) is 0.840. The summed E-state index contributed by atoms with van der Waals surface area (Å²) >= 11 is 0. The number of phenolic OH excluding ortho intramolecular Hbond substituents is 1. The number of carbonyl (C=O) groups is 1. The number of nitrogens with one attached hydrogen (secondary N) is 1. The van der Waals surface area contributed by atoms with E-state index in [1.165, 1.54) is 13.5 Å². The van der Waals surface area contributed by atoms with Gasteiger partial charge in [0.1, 0.15) is 0 Å². The third-order valence-electron chi connectivity index (χ3n) is 4.02. The summed E-state index contributed by atoms with van der Waals surface area (Å²) in [4.78, 5) is 13.8. The SMILES string of the molecule is COc1ccc(CN(C)C(=O)CCC2CCNC2)cc1O.Cl. The molecule has 1 aromatic rings. The van der Waals surface area contributed by atoms with Gasteiger partial charge in [0.2, 0.25) is 5.91 Å². The first-order chi connectivity index (χ1) is 10.1. The van der Waals surface area contributed by atoms with Crippen molar-refractivity contribution in [2.75, 3.05) is 27.2 Å². The third-order valence-corrected chi connectivity index (χ3v) is 4.02. The van der Waals surface area contributed by atoms with Crippen molar-refractivity contribution in [2.24, 2.45) is 5.92 Å². The van der Waals surface area contributed by atoms with Gasteiger partial charge in [0.25, 0.3) is 0 Å². The first-order valence-electron chi connectivity index (χ1n) is 7.40. The van der Waals surface area contributed by atoms with Crippen LogP contribution in [0.25, 0.3) is 0 Å². The maximum Gasteiger partial charge on any atom is 0.222 e. The second kappa shape index (κ2) is 8.86. The predicted molar refractivity (Wildman–Crippen MR) is 88.6 cm³/mol. The van der Waals surface area contributed by atoms with E-state index >= 15 is 0 Å². The third kappa shape index (κ3) is 5.07. The van der Waals surface area contributed by atoms with Crippen LogP contribution in [-0.2, 0) is 11.3 Å². The molecule has 0 radical (unpaired) electrons. The van der Waals surface area contributed by atoms with Gasteiger partial charge in [-0.25, -0.2) is 0 Å². The minimum atomic E-state index is 0. The number of rotatable bonds is 6. The summed E-state index contributed by atoms with van der Waals surface area (Å²) in [5.74, 6) is 1.33. The first kappa shape index (κ1) is 18.6. The molecule has 0 aliphatic carbocycles. The fourth-order valence-electron chi connectivity index (χ4n) is 2.68. The highest BCUT2D eigenvalue weighted by atomic mass is 35.5. The lowest BCUT2D eigenvalue weighted by molar-refractivity contribution is -0.130. The van der Waals surface area contributed by atoms with Crippen molar-refractivity contribution < 1.29 is 14.6 Å². The molecule has 5 nitrogen and oxygen atoms in total. The fraction of sp³-hybridized carbons (Fsp3) is 0.562. The average molecular weight is 329 g/mol. The van der Waals surface area contributed by atoms with Gasteiger partial charge in [-0.1, -0.05) is 6.07 Å². The van der Waals surface area contributed by atoms with Crippen molar-refractivity contribution in [2.45, 2.75) is 25.8 Å². The largest absolute Gasteiger partial charge is 0.504 e. The van der Waals surface area contributed by atoms with Crippen LogP contribution in [0, 0.1) is 5.92 Å². The Labute approximate surface area is 138 Å². The molecule has 22 heavy (non-hydrogen) atoms. The Bertz CT molecular complexity index is 490. The van der Waals surface area contributed by atoms with Crippen LogP contribution in [0.3, 0.4) is 0 Å². The molecule has 0 spiro atoms. The zero-order valence-electron chi connectivity index (χ0n) is 13.2. The van der Waals surface area contributed by atoms with Gasteiger partial charge in [-0.15, -0.1) is 12.4 Å². The van der Waals surface area contributed by atoms with Crippen LogP contribution < -0.4 is 10.1 Å². The number of ether oxygens (including phenoxy) is 1. The van der Waals surface area contributed by atoms with E-state index in [0.717, 1.165) is 25.1 Å². The number of halogens is 1. The summed E-state index contributed by atoms with van der Waals surface area (Å²) in [7, 11) is 3.32. The molecule has 0 bridgehead atoms. The van der Waals surface area contributed by atoms with Crippen LogP contribution in [0.4, 0.5) is 0 Å². The van der Waals surface area contributed by atoms with Crippen LogP contribution in [-0.4, -0.2) is 43.2 Å². The summed E-state index contributed by atoms with van der Waals surface area (Å²) in [6.45, 7) is 2.60. The van der Waals surface area contributed by atoms with E-state index in [2.05, 4.69) is 5.32 Å². The lowest BCUT2D eigenvalue weighted by Gasteiger charge is -2.18. The number of nitrogens with zero attached hydrogens (tertiary/aromatic N) is 1. The smallest absolute Gasteiger partial charge is 0.222 e. The summed E-state index contributed by atoms with van der Waals surface area (Å²) in [5.41, 5.74) is 0.895. The monoisotopic (exact) mass is 328 g/mol. The molecule has 2 N–H and O–H groups in total. The molecule has 1 aromatic carbocycles. The molecule has 0 saturated carbocycles. The lowest BCUT2D eigenvalue weighted by Crippen LogP contribution is -2.26. The van der Waals surface area contributed by atoms with E-state index in [9.17, 15) is 9.90 Å². The molecule has 0 aromatic heterocycles. The molecule has 1 fully saturated rings. The number of amides is 1. The van der Waals surface area contributed by atoms with Crippen molar-refractivity contribution in [3.63, 3.8) is 0 Å². The number of carbonyl (C=O) groups excluding carboxylic acids is 1. The molecule has 1 saturated heterocycles. The molecule has 124 valence electrons. The summed E-state index contributed by atoms with van der Waals surface area (Å²) in [5, 5.41) is 13.1. The second-order valence-corrected chi connectivity index (χ2v) is 5.65. The average Bonchev–Trinajstić information content (AvgIpc) is 2.98. The first-order valence-corrected chi connectivity index (χ1v) is 7.40. The highest BCUT2D eigenvalue weighted by Crippen LogP contribution is 2.26. The van der Waals surface area contributed by atoms with E-state index in [4.69, 9.17) is 4.74 Å². The summed E-state index contributed by atoms with van der Waals surface area (Å²) in [6.07, 6.45) is 2.71. The zero-order valence-corrected chi connectivity index (χ0v) is 14.0. The van der Waals surface area contributed by atoms with Gasteiger partial charge < -0.3 is 20.1 Å². The molecule has 1 heterocycles. The van der Waals surface area contributed by atoms with E-state index in [-0.39, 0.29) is 24.1 Å². The van der Waals surface area contributed by atoms with Crippen molar-refractivity contribution in [1.82, 2.24) is 10.2 Å². The Hall–Kier alpha value is -1.46. The molecule has 1 aliphatic rings. The second-order valence-electron chi connectivity index (χ2n) is 5.65. The molecule has 1 unspecified atom stereocenters. The Morgan fingerprint density at radius 2 is 2.27 bits per heavy atom. The molecule has 1 amide bonds. The summed E-state index contributed by atoms with van der Waals surface area (Å²) in [6, 6.07) is 5.22. The van der Waals surface area contributed by atoms with Gasteiger partial charge >= 0.3 is 0 Å². The van der Waals surface area contributed by atoms with Crippen molar-refractivity contribution >= 4 is 18.3 Å². The summed E-state index contributed by atoms with van der Waals surface area (Å²) < 4.78 is 5.01. The predicted octanol–water partition coefficient (Wildman–Crippen LogP) is 2.17. The van der Waals surface area contributed by atoms with E-state index in [1.807, 2.05) is 6.07 Å². The van der Waals surface area contributed by atoms with E-state index in [1.54, 1.807) is 24.1 Å². The highest BCUT2D eigenvalue weighted by molar-refractivity contribution is 5.85. The van der Waals surface area contributed by atoms with E-state index in [0.29, 0.717) is 24.6 Å². The van der Waals surface area contributed by atoms with Crippen molar-refractivity contribution in [3.8, 4) is 11.5 Å². The van der Waals surface area contributed by atoms with Crippen LogP contribution >= 0.6 is 12.4 Å². The van der Waals surface area contributed by atoms with Gasteiger partial charge in [-0.2, -0.15) is 0 Å². The molecular weight excluding hydrogens is 304 g/mol. The normalized spacial score (nSPS) is 16.9. The number of hydrogen-bond donors (Lipinski definition) is 2. The van der Waals surface area contributed by atoms with Gasteiger partial charge in [0, 0.05) is 20.0 Å². The Morgan fingerprint density at radius 1 is 1.50 bits per heavy atom. The van der Waals surface area contributed by atoms with Crippen LogP contribution in [0.15, 0.2) is 18.2 Å². The van der Waals surface area contributed by atoms with Crippen molar-refractivity contribution in [1.29, 1.82) is 0 Å². The number of aromatic hydroxyl groups is 1. The molecule has 1 atom stereocenters. The Kier molecular flexibility index (Phi) is 7.48. The number of phenols is 1. The van der Waals surface area contributed by atoms with Gasteiger partial charge in [-0.3, -0.25) is 4.79 Å². The molecule has 1 aliphatic heterocycles. The van der Waals surface area contributed by atoms with Gasteiger partial charge in [0.15, 0.2) is 11.5 Å². The van der Waals surface area contributed by atoms with E-state index < -0.39 is 0 Å². The number of methoxy groups -OCH3 is 1. The highest BCUT2D eigenvalue weighted by Gasteiger charge is 2.17. The minimum absolute atomic E-state index is 0. The zero-order chi connectivity index (χ0) is 15.2. The standard InChI is InChI=1S/C16H24N2O3.ClH/c1-18(16(20)6-4-12-7-8-17-10-12)11-13-3-5-15(21-2)14(19)9-13;/h3,5,9,12,17,19H,4,6-8,10-11H2,1-2H3;1H. The minimum Gasteiger partial charge on any atom is -0.504 e. The van der Waals surface area contributed by atoms with Gasteiger partial charge in [-0.05, 0) is 49.5 Å². The van der Waals surface area contributed by atoms with Crippen LogP contribution in [0.5, 0.6) is 11.5 Å². The Morgan fingerprint density at radius 3 is 2.86 bits per heavy atom. The number of benzene rings is 1. The maximum atomic E-state index is 12.1. The Balaban J connectivity index is 0.00000242. The molecule has 2 rings (SSSR count).